The molecule has 4 aromatic rings. The van der Waals surface area contributed by atoms with Crippen LogP contribution in [0.5, 0.6) is 17.2 Å². The summed E-state index contributed by atoms with van der Waals surface area (Å²) < 4.78 is 34.2. The Morgan fingerprint density at radius 2 is 1.79 bits per heavy atom. The van der Waals surface area contributed by atoms with Crippen LogP contribution in [-0.4, -0.2) is 75.9 Å². The second kappa shape index (κ2) is 17.9. The Kier molecular flexibility index (Phi) is 12.8. The molecule has 3 aromatic carbocycles. The number of halogens is 2. The molecule has 2 aliphatic rings. The number of pyridine rings is 1. The van der Waals surface area contributed by atoms with Gasteiger partial charge in [-0.25, -0.2) is 4.39 Å². The van der Waals surface area contributed by atoms with Gasteiger partial charge < -0.3 is 29.3 Å². The summed E-state index contributed by atoms with van der Waals surface area (Å²) in [5.74, 6) is -0.246. The molecule has 2 aliphatic heterocycles. The Morgan fingerprint density at radius 3 is 2.58 bits per heavy atom. The molecular weight excluding hydrogens is 699 g/mol. The Hall–Kier alpha value is -4.73. The van der Waals surface area contributed by atoms with Crippen LogP contribution in [0.1, 0.15) is 59.9 Å². The maximum atomic E-state index is 15.8. The number of benzene rings is 3. The molecule has 2 saturated heterocycles. The predicted molar refractivity (Wildman–Crippen MR) is 199 cm³/mol. The highest BCUT2D eigenvalue weighted by molar-refractivity contribution is 6.32. The number of carboxylic acids is 1. The van der Waals surface area contributed by atoms with Crippen LogP contribution in [-0.2, 0) is 24.6 Å². The van der Waals surface area contributed by atoms with E-state index in [0.717, 1.165) is 49.9 Å². The summed E-state index contributed by atoms with van der Waals surface area (Å²) in [6, 6.07) is 17.5. The number of rotatable bonds is 15. The molecule has 53 heavy (non-hydrogen) atoms. The molecule has 2 atom stereocenters. The number of aliphatic hydroxyl groups excluding tert-OH is 1. The number of carbonyl (C=O) groups is 1. The second-order valence-corrected chi connectivity index (χ2v) is 14.0. The van der Waals surface area contributed by atoms with Crippen molar-refractivity contribution in [1.29, 1.82) is 5.26 Å². The molecule has 12 heteroatoms. The fraction of sp³-hybridized carbons (Fsp3) is 0.390. The van der Waals surface area contributed by atoms with Gasteiger partial charge in [-0.2, -0.15) is 5.26 Å². The first-order valence-corrected chi connectivity index (χ1v) is 18.4. The van der Waals surface area contributed by atoms with Gasteiger partial charge in [-0.05, 0) is 74.0 Å². The van der Waals surface area contributed by atoms with E-state index in [-0.39, 0.29) is 25.1 Å². The topological polar surface area (TPSA) is 128 Å². The number of nitrogens with zero attached hydrogens (tertiary/aromatic N) is 4. The third-order valence-corrected chi connectivity index (χ3v) is 10.2. The van der Waals surface area contributed by atoms with E-state index in [9.17, 15) is 20.3 Å². The number of aromatic nitrogens is 1. The van der Waals surface area contributed by atoms with E-state index in [2.05, 4.69) is 16.0 Å². The summed E-state index contributed by atoms with van der Waals surface area (Å²) in [5, 5.41) is 29.3. The summed E-state index contributed by atoms with van der Waals surface area (Å²) in [5.41, 5.74) is 4.64. The van der Waals surface area contributed by atoms with Crippen LogP contribution in [0.25, 0.3) is 11.1 Å². The zero-order valence-electron chi connectivity index (χ0n) is 29.8. The van der Waals surface area contributed by atoms with E-state index in [1.807, 2.05) is 30.0 Å². The number of nitriles is 1. The van der Waals surface area contributed by atoms with Crippen LogP contribution in [0.15, 0.2) is 67.0 Å². The van der Waals surface area contributed by atoms with Crippen LogP contribution in [0, 0.1) is 24.1 Å². The molecule has 1 aromatic heterocycles. The van der Waals surface area contributed by atoms with Crippen molar-refractivity contribution >= 4 is 17.6 Å². The molecule has 0 aliphatic carbocycles. The van der Waals surface area contributed by atoms with Crippen LogP contribution in [0.4, 0.5) is 4.39 Å². The maximum absolute atomic E-state index is 15.8. The zero-order valence-corrected chi connectivity index (χ0v) is 30.5. The van der Waals surface area contributed by atoms with Gasteiger partial charge in [-0.3, -0.25) is 14.7 Å². The van der Waals surface area contributed by atoms with Gasteiger partial charge in [0.2, 0.25) is 0 Å². The van der Waals surface area contributed by atoms with Gasteiger partial charge in [-0.15, -0.1) is 0 Å². The number of aliphatic carboxylic acids is 1. The molecule has 0 amide bonds. The first-order valence-electron chi connectivity index (χ1n) is 18.0. The number of likely N-dealkylation sites (tertiary alicyclic amines) is 2. The van der Waals surface area contributed by atoms with Gasteiger partial charge in [0.25, 0.3) is 0 Å². The van der Waals surface area contributed by atoms with Crippen molar-refractivity contribution in [2.75, 3.05) is 32.8 Å². The molecule has 0 unspecified atom stereocenters. The predicted octanol–water partition coefficient (Wildman–Crippen LogP) is 7.15. The fourth-order valence-electron chi connectivity index (χ4n) is 7.01. The number of hydrogen-bond acceptors (Lipinski definition) is 9. The van der Waals surface area contributed by atoms with Crippen LogP contribution in [0.3, 0.4) is 0 Å². The van der Waals surface area contributed by atoms with E-state index < -0.39 is 17.8 Å². The van der Waals surface area contributed by atoms with E-state index in [4.69, 9.17) is 25.8 Å². The van der Waals surface area contributed by atoms with Crippen molar-refractivity contribution in [2.24, 2.45) is 0 Å². The highest BCUT2D eigenvalue weighted by Crippen LogP contribution is 2.37. The van der Waals surface area contributed by atoms with Crippen LogP contribution >= 0.6 is 11.6 Å². The normalized spacial score (nSPS) is 17.7. The summed E-state index contributed by atoms with van der Waals surface area (Å²) in [4.78, 5) is 20.3. The van der Waals surface area contributed by atoms with Crippen molar-refractivity contribution in [2.45, 2.75) is 70.9 Å². The van der Waals surface area contributed by atoms with Gasteiger partial charge in [0.15, 0.2) is 11.6 Å². The molecular formula is C41H44ClFN4O6. The highest BCUT2D eigenvalue weighted by Gasteiger charge is 2.29. The van der Waals surface area contributed by atoms with Crippen LogP contribution in [0.2, 0.25) is 5.02 Å². The van der Waals surface area contributed by atoms with Crippen molar-refractivity contribution in [3.8, 4) is 34.4 Å². The molecule has 3 heterocycles. The third-order valence-electron chi connectivity index (χ3n) is 9.91. The Balaban J connectivity index is 1.18. The number of carboxylic acid groups (broad SMARTS) is 1. The minimum Gasteiger partial charge on any atom is -0.490 e. The number of β-amino-alcohol motifs (C(OH)–C–C–N with tert-alkyl or cyclic N) is 1. The largest absolute Gasteiger partial charge is 0.490 e. The summed E-state index contributed by atoms with van der Waals surface area (Å²) in [6.07, 6.45) is 6.66. The van der Waals surface area contributed by atoms with Gasteiger partial charge in [0.1, 0.15) is 36.8 Å². The molecule has 2 N–H and O–H groups in total. The molecule has 2 fully saturated rings. The average molecular weight is 743 g/mol. The lowest BCUT2D eigenvalue weighted by Crippen LogP contribution is -2.44. The molecule has 0 spiro atoms. The number of ether oxygens (including phenoxy) is 3. The lowest BCUT2D eigenvalue weighted by Gasteiger charge is -2.33. The SMILES string of the molecule is Cc1c(COc2cc(OCc3cncc(C#N)c3)c(CN3CCCC[C@H]3C(=O)O)cc2Cl)cccc1-c1cccc(OCCCN2CC[C@@H](O)C2)c1F. The van der Waals surface area contributed by atoms with Gasteiger partial charge in [0.05, 0.1) is 23.3 Å². The zero-order chi connectivity index (χ0) is 37.3. The molecule has 10 nitrogen and oxygen atoms in total. The number of hydrogen-bond donors (Lipinski definition) is 2. The number of piperidine rings is 1. The van der Waals surface area contributed by atoms with Crippen LogP contribution < -0.4 is 14.2 Å². The molecule has 0 radical (unpaired) electrons. The number of aliphatic hydroxyl groups is 1. The van der Waals surface area contributed by atoms with Gasteiger partial charge >= 0.3 is 5.97 Å². The first kappa shape index (κ1) is 38.0. The van der Waals surface area contributed by atoms with E-state index >= 15 is 4.39 Å². The van der Waals surface area contributed by atoms with Crippen molar-refractivity contribution < 1.29 is 33.6 Å². The Bertz CT molecular complexity index is 1950. The van der Waals surface area contributed by atoms with Gasteiger partial charge in [-0.1, -0.05) is 48.4 Å². The minimum atomic E-state index is -0.857. The minimum absolute atomic E-state index is 0.122. The average Bonchev–Trinajstić information content (AvgIpc) is 3.58. The third kappa shape index (κ3) is 9.64. The van der Waals surface area contributed by atoms with Crippen molar-refractivity contribution in [1.82, 2.24) is 14.8 Å². The van der Waals surface area contributed by atoms with E-state index in [1.165, 1.54) is 6.20 Å². The summed E-state index contributed by atoms with van der Waals surface area (Å²) in [7, 11) is 0. The standard InChI is InChI=1S/C41H44ClFN4O6/c1-27-30(7-4-8-33(27)34-9-5-11-37(40(34)43)51-16-6-13-46-15-12-32(48)24-46)26-53-39-19-38(52-25-29-17-28(20-44)21-45-22-29)31(18-35(39)42)23-47-14-3-2-10-36(47)41(49)50/h4-5,7-9,11,17-19,21-22,32,36,48H,2-3,6,10,12-16,23-26H2,1H3,(H,49,50)/t32-,36+/m1/s1. The monoisotopic (exact) mass is 742 g/mol. The lowest BCUT2D eigenvalue weighted by molar-refractivity contribution is -0.144. The Morgan fingerprint density at radius 1 is 0.981 bits per heavy atom. The second-order valence-electron chi connectivity index (χ2n) is 13.6. The quantitative estimate of drug-likeness (QED) is 0.121. The Labute approximate surface area is 314 Å². The smallest absolute Gasteiger partial charge is 0.320 e. The lowest BCUT2D eigenvalue weighted by atomic mass is 9.96. The first-order chi connectivity index (χ1) is 25.7. The van der Waals surface area contributed by atoms with Crippen molar-refractivity contribution in [3.05, 3.63) is 106 Å². The van der Waals surface area contributed by atoms with E-state index in [1.54, 1.807) is 42.6 Å². The van der Waals surface area contributed by atoms with E-state index in [0.29, 0.717) is 77.0 Å². The maximum Gasteiger partial charge on any atom is 0.320 e. The summed E-state index contributed by atoms with van der Waals surface area (Å²) in [6.45, 7) is 5.83. The molecule has 278 valence electrons. The van der Waals surface area contributed by atoms with Gasteiger partial charge in [0, 0.05) is 61.3 Å². The van der Waals surface area contributed by atoms with Crippen molar-refractivity contribution in [3.63, 3.8) is 0 Å². The highest BCUT2D eigenvalue weighted by atomic mass is 35.5. The summed E-state index contributed by atoms with van der Waals surface area (Å²) >= 11 is 6.80. The fourth-order valence-corrected chi connectivity index (χ4v) is 7.26. The molecule has 0 saturated carbocycles. The molecule has 0 bridgehead atoms. The molecule has 6 rings (SSSR count).